The van der Waals surface area contributed by atoms with Crippen molar-refractivity contribution in [2.45, 2.75) is 25.0 Å². The molecule has 5 rings (SSSR count). The maximum absolute atomic E-state index is 13.4. The van der Waals surface area contributed by atoms with Crippen LogP contribution in [-0.2, 0) is 26.5 Å². The predicted molar refractivity (Wildman–Crippen MR) is 102 cm³/mol. The van der Waals surface area contributed by atoms with E-state index in [9.17, 15) is 14.4 Å². The van der Waals surface area contributed by atoms with E-state index >= 15 is 0 Å². The molecule has 0 saturated carbocycles. The van der Waals surface area contributed by atoms with Gasteiger partial charge in [0.25, 0.3) is 5.91 Å². The molecule has 2 aromatic rings. The van der Waals surface area contributed by atoms with Crippen molar-refractivity contribution < 1.29 is 19.7 Å². The number of para-hydroxylation sites is 1. The number of rotatable bonds is 2. The molecular weight excluding hydrogens is 378 g/mol. The lowest BCUT2D eigenvalue weighted by molar-refractivity contribution is -0.730. The number of fused-ring (bicyclic) bond motifs is 4. The Hall–Kier alpha value is -2.70. The van der Waals surface area contributed by atoms with Crippen LogP contribution in [0.1, 0.15) is 18.1 Å². The van der Waals surface area contributed by atoms with Crippen LogP contribution < -0.4 is 10.6 Å². The average Bonchev–Trinajstić information content (AvgIpc) is 3.23. The zero-order chi connectivity index (χ0) is 19.6. The van der Waals surface area contributed by atoms with Crippen LogP contribution in [0.15, 0.2) is 48.5 Å². The summed E-state index contributed by atoms with van der Waals surface area (Å²) < 4.78 is 0. The average molecular weight is 397 g/mol. The molecule has 6 nitrogen and oxygen atoms in total. The number of imide groups is 1. The normalized spacial score (nSPS) is 30.7. The number of likely N-dealkylation sites (tertiary alicyclic amines) is 1. The minimum Gasteiger partial charge on any atom is -0.326 e. The summed E-state index contributed by atoms with van der Waals surface area (Å²) in [7, 11) is 0. The molecule has 0 radical (unpaired) electrons. The lowest BCUT2D eigenvalue weighted by atomic mass is 9.76. The van der Waals surface area contributed by atoms with Crippen molar-refractivity contribution in [1.82, 2.24) is 4.90 Å². The van der Waals surface area contributed by atoms with Crippen LogP contribution in [0, 0.1) is 11.8 Å². The topological polar surface area (TPSA) is 83.1 Å². The van der Waals surface area contributed by atoms with E-state index in [1.165, 1.54) is 4.90 Å². The summed E-state index contributed by atoms with van der Waals surface area (Å²) in [4.78, 5) is 41.0. The number of amides is 3. The van der Waals surface area contributed by atoms with Gasteiger partial charge in [-0.3, -0.25) is 19.3 Å². The van der Waals surface area contributed by atoms with Gasteiger partial charge in [0.05, 0.1) is 18.3 Å². The molecule has 2 aromatic carbocycles. The van der Waals surface area contributed by atoms with Crippen molar-refractivity contribution in [2.75, 3.05) is 5.32 Å². The summed E-state index contributed by atoms with van der Waals surface area (Å²) in [5.74, 6) is -2.02. The van der Waals surface area contributed by atoms with Gasteiger partial charge >= 0.3 is 0 Å². The van der Waals surface area contributed by atoms with E-state index in [1.807, 2.05) is 42.6 Å². The fourth-order valence-corrected chi connectivity index (χ4v) is 5.30. The summed E-state index contributed by atoms with van der Waals surface area (Å²) in [5, 5.41) is 5.31. The number of halogens is 1. The maximum Gasteiger partial charge on any atom is 0.291 e. The first-order valence-corrected chi connectivity index (χ1v) is 9.68. The molecule has 4 atom stereocenters. The Bertz CT molecular complexity index is 1040. The molecule has 3 aliphatic heterocycles. The van der Waals surface area contributed by atoms with Crippen LogP contribution in [0.25, 0.3) is 0 Å². The SMILES string of the molecule is C[C@@H]1[NH2+][C@]2(C(=O)Nc3ccccc32)[C@@H]2C(=O)N(Cc3ccccc3Cl)C(=O)[C@H]12. The quantitative estimate of drug-likeness (QED) is 0.749. The number of nitrogens with zero attached hydrogens (tertiary/aromatic N) is 1. The molecule has 28 heavy (non-hydrogen) atoms. The van der Waals surface area contributed by atoms with E-state index in [-0.39, 0.29) is 30.3 Å². The minimum absolute atomic E-state index is 0.121. The van der Waals surface area contributed by atoms with Gasteiger partial charge in [0.15, 0.2) is 0 Å². The fourth-order valence-electron chi connectivity index (χ4n) is 5.11. The zero-order valence-corrected chi connectivity index (χ0v) is 15.9. The Morgan fingerprint density at radius 3 is 2.57 bits per heavy atom. The molecule has 1 spiro atoms. The summed E-state index contributed by atoms with van der Waals surface area (Å²) in [6, 6.07) is 14.4. The molecule has 3 aliphatic rings. The highest BCUT2D eigenvalue weighted by molar-refractivity contribution is 6.31. The monoisotopic (exact) mass is 396 g/mol. The molecule has 7 heteroatoms. The van der Waals surface area contributed by atoms with Gasteiger partial charge in [0.2, 0.25) is 17.4 Å². The second-order valence-electron chi connectivity index (χ2n) is 7.75. The van der Waals surface area contributed by atoms with Gasteiger partial charge in [-0.05, 0) is 24.6 Å². The number of benzene rings is 2. The molecule has 0 aromatic heterocycles. The highest BCUT2D eigenvalue weighted by Gasteiger charge is 2.73. The Balaban J connectivity index is 1.58. The number of nitrogens with two attached hydrogens (primary N) is 1. The van der Waals surface area contributed by atoms with Gasteiger partial charge in [-0.25, -0.2) is 0 Å². The van der Waals surface area contributed by atoms with Crippen molar-refractivity contribution in [3.63, 3.8) is 0 Å². The molecule has 2 fully saturated rings. The fraction of sp³-hybridized carbons (Fsp3) is 0.286. The van der Waals surface area contributed by atoms with Crippen LogP contribution >= 0.6 is 11.6 Å². The Labute approximate surface area is 166 Å². The number of hydrogen-bond acceptors (Lipinski definition) is 3. The third-order valence-electron chi connectivity index (χ3n) is 6.31. The second kappa shape index (κ2) is 5.90. The van der Waals surface area contributed by atoms with Gasteiger partial charge in [-0.2, -0.15) is 0 Å². The van der Waals surface area contributed by atoms with Crippen molar-refractivity contribution in [3.8, 4) is 0 Å². The summed E-state index contributed by atoms with van der Waals surface area (Å²) in [5.41, 5.74) is 1.11. The summed E-state index contributed by atoms with van der Waals surface area (Å²) in [6.45, 7) is 2.03. The molecule has 142 valence electrons. The molecule has 0 bridgehead atoms. The van der Waals surface area contributed by atoms with Gasteiger partial charge < -0.3 is 10.6 Å². The van der Waals surface area contributed by atoms with Crippen molar-refractivity contribution in [1.29, 1.82) is 0 Å². The van der Waals surface area contributed by atoms with E-state index in [0.29, 0.717) is 16.3 Å². The zero-order valence-electron chi connectivity index (χ0n) is 15.2. The summed E-state index contributed by atoms with van der Waals surface area (Å²) in [6.07, 6.45) is 0. The molecule has 0 aliphatic carbocycles. The number of anilines is 1. The largest absolute Gasteiger partial charge is 0.326 e. The lowest BCUT2D eigenvalue weighted by Crippen LogP contribution is -2.98. The number of hydrogen-bond donors (Lipinski definition) is 2. The standard InChI is InChI=1S/C21H18ClN3O3/c1-11-16-17(21(24-11)13-7-3-5-9-15(13)23-20(21)28)19(27)25(18(16)26)10-12-6-2-4-8-14(12)22/h2-9,11,16-17,24H,10H2,1H3,(H,23,28)/p+1/t11-,16+,17-,21-/m0/s1. The van der Waals surface area contributed by atoms with Crippen LogP contribution in [0.4, 0.5) is 5.69 Å². The predicted octanol–water partition coefficient (Wildman–Crippen LogP) is 1.25. The van der Waals surface area contributed by atoms with Gasteiger partial charge in [-0.15, -0.1) is 0 Å². The third kappa shape index (κ3) is 2.10. The number of nitrogens with one attached hydrogen (secondary N) is 1. The van der Waals surface area contributed by atoms with Crippen LogP contribution in [0.2, 0.25) is 5.02 Å². The van der Waals surface area contributed by atoms with E-state index in [0.717, 1.165) is 5.56 Å². The van der Waals surface area contributed by atoms with E-state index in [2.05, 4.69) is 5.32 Å². The first-order chi connectivity index (χ1) is 13.4. The number of quaternary nitrogens is 1. The van der Waals surface area contributed by atoms with Gasteiger partial charge in [-0.1, -0.05) is 48.0 Å². The number of carbonyl (C=O) groups excluding carboxylic acids is 3. The molecule has 0 unspecified atom stereocenters. The van der Waals surface area contributed by atoms with E-state index < -0.39 is 17.4 Å². The van der Waals surface area contributed by atoms with Crippen molar-refractivity contribution in [3.05, 3.63) is 64.7 Å². The van der Waals surface area contributed by atoms with Crippen molar-refractivity contribution >= 4 is 35.0 Å². The minimum atomic E-state index is -1.09. The van der Waals surface area contributed by atoms with Crippen LogP contribution in [0.5, 0.6) is 0 Å². The summed E-state index contributed by atoms with van der Waals surface area (Å²) >= 11 is 6.24. The first-order valence-electron chi connectivity index (χ1n) is 9.31. The third-order valence-corrected chi connectivity index (χ3v) is 6.68. The van der Waals surface area contributed by atoms with E-state index in [4.69, 9.17) is 11.6 Å². The molecule has 2 saturated heterocycles. The number of carbonyl (C=O) groups is 3. The molecule has 3 N–H and O–H groups in total. The lowest BCUT2D eigenvalue weighted by Gasteiger charge is -2.26. The highest BCUT2D eigenvalue weighted by Crippen LogP contribution is 2.49. The molecular formula is C21H19ClN3O3+. The van der Waals surface area contributed by atoms with Gasteiger partial charge in [0, 0.05) is 10.6 Å². The second-order valence-corrected chi connectivity index (χ2v) is 8.16. The molecule has 3 amide bonds. The van der Waals surface area contributed by atoms with E-state index in [1.54, 1.807) is 18.2 Å². The Morgan fingerprint density at radius 2 is 1.79 bits per heavy atom. The van der Waals surface area contributed by atoms with Crippen LogP contribution in [-0.4, -0.2) is 28.7 Å². The Kier molecular flexibility index (Phi) is 3.66. The maximum atomic E-state index is 13.4. The highest BCUT2D eigenvalue weighted by atomic mass is 35.5. The van der Waals surface area contributed by atoms with Crippen molar-refractivity contribution in [2.24, 2.45) is 11.8 Å². The first kappa shape index (κ1) is 17.4. The van der Waals surface area contributed by atoms with Crippen LogP contribution in [0.3, 0.4) is 0 Å². The Morgan fingerprint density at radius 1 is 1.07 bits per heavy atom. The van der Waals surface area contributed by atoms with Gasteiger partial charge in [0.1, 0.15) is 11.8 Å². The molecule has 3 heterocycles. The smallest absolute Gasteiger partial charge is 0.291 e.